The van der Waals surface area contributed by atoms with E-state index in [1.165, 1.54) is 69.9 Å². The lowest BCUT2D eigenvalue weighted by molar-refractivity contribution is 0.129. The zero-order valence-electron chi connectivity index (χ0n) is 13.9. The van der Waals surface area contributed by atoms with Crippen LogP contribution in [-0.2, 0) is 6.54 Å². The first kappa shape index (κ1) is 15.8. The first-order chi connectivity index (χ1) is 10.7. The molecule has 0 unspecified atom stereocenters. The minimum atomic E-state index is 0.632. The molecular weight excluding hydrogens is 272 g/mol. The molecule has 1 aromatic rings. The molecule has 0 saturated carbocycles. The zero-order valence-corrected chi connectivity index (χ0v) is 13.9. The van der Waals surface area contributed by atoms with Gasteiger partial charge in [0, 0.05) is 58.0 Å². The number of hydrogen-bond acceptors (Lipinski definition) is 4. The van der Waals surface area contributed by atoms with Crippen molar-refractivity contribution in [1.82, 2.24) is 9.80 Å². The third kappa shape index (κ3) is 4.00. The smallest absolute Gasteiger partial charge is 0.0366 e. The van der Waals surface area contributed by atoms with Crippen LogP contribution in [0.5, 0.6) is 0 Å². The van der Waals surface area contributed by atoms with Crippen LogP contribution < -0.4 is 10.6 Å². The summed E-state index contributed by atoms with van der Waals surface area (Å²) in [5.41, 5.74) is 8.25. The molecule has 3 rings (SSSR count). The molecule has 2 fully saturated rings. The minimum Gasteiger partial charge on any atom is -0.372 e. The highest BCUT2D eigenvalue weighted by molar-refractivity contribution is 5.47. The fourth-order valence-electron chi connectivity index (χ4n) is 3.61. The number of piperazine rings is 1. The van der Waals surface area contributed by atoms with Crippen molar-refractivity contribution in [3.05, 3.63) is 29.8 Å². The van der Waals surface area contributed by atoms with Gasteiger partial charge in [0.2, 0.25) is 0 Å². The Kier molecular flexibility index (Phi) is 5.34. The molecule has 122 valence electrons. The Morgan fingerprint density at radius 3 is 2.18 bits per heavy atom. The SMILES string of the molecule is CN1CCN(CC2CCN(c3ccc(CN)cc3)CC2)CC1. The van der Waals surface area contributed by atoms with Crippen LogP contribution in [0, 0.1) is 5.92 Å². The third-order valence-electron chi connectivity index (χ3n) is 5.26. The van der Waals surface area contributed by atoms with Crippen molar-refractivity contribution in [2.45, 2.75) is 19.4 Å². The van der Waals surface area contributed by atoms with Crippen molar-refractivity contribution in [2.75, 3.05) is 57.8 Å². The summed E-state index contributed by atoms with van der Waals surface area (Å²) in [7, 11) is 2.23. The summed E-state index contributed by atoms with van der Waals surface area (Å²) in [6.45, 7) is 9.27. The van der Waals surface area contributed by atoms with Gasteiger partial charge in [-0.05, 0) is 43.5 Å². The molecule has 4 nitrogen and oxygen atoms in total. The predicted octanol–water partition coefficient (Wildman–Crippen LogP) is 1.61. The monoisotopic (exact) mass is 302 g/mol. The van der Waals surface area contributed by atoms with Gasteiger partial charge in [-0.3, -0.25) is 0 Å². The van der Waals surface area contributed by atoms with Gasteiger partial charge in [0.15, 0.2) is 0 Å². The maximum atomic E-state index is 5.67. The first-order valence-electron chi connectivity index (χ1n) is 8.69. The highest BCUT2D eigenvalue weighted by Crippen LogP contribution is 2.24. The van der Waals surface area contributed by atoms with E-state index in [-0.39, 0.29) is 0 Å². The molecule has 2 aliphatic heterocycles. The molecule has 22 heavy (non-hydrogen) atoms. The van der Waals surface area contributed by atoms with Gasteiger partial charge in [-0.2, -0.15) is 0 Å². The quantitative estimate of drug-likeness (QED) is 0.916. The number of rotatable bonds is 4. The Balaban J connectivity index is 1.45. The molecule has 0 atom stereocenters. The van der Waals surface area contributed by atoms with Crippen molar-refractivity contribution >= 4 is 5.69 Å². The summed E-state index contributed by atoms with van der Waals surface area (Å²) in [4.78, 5) is 7.63. The Morgan fingerprint density at radius 2 is 1.59 bits per heavy atom. The van der Waals surface area contributed by atoms with E-state index in [4.69, 9.17) is 5.73 Å². The Labute approximate surface area is 134 Å². The fraction of sp³-hybridized carbons (Fsp3) is 0.667. The second kappa shape index (κ2) is 7.44. The van der Waals surface area contributed by atoms with Crippen molar-refractivity contribution in [3.8, 4) is 0 Å². The van der Waals surface area contributed by atoms with Gasteiger partial charge in [-0.15, -0.1) is 0 Å². The van der Waals surface area contributed by atoms with Crippen LogP contribution in [0.2, 0.25) is 0 Å². The van der Waals surface area contributed by atoms with E-state index in [0.717, 1.165) is 5.92 Å². The van der Waals surface area contributed by atoms with Crippen molar-refractivity contribution in [2.24, 2.45) is 11.7 Å². The van der Waals surface area contributed by atoms with Gasteiger partial charge in [-0.1, -0.05) is 12.1 Å². The molecule has 2 heterocycles. The summed E-state index contributed by atoms with van der Waals surface area (Å²) < 4.78 is 0. The van der Waals surface area contributed by atoms with Crippen LogP contribution >= 0.6 is 0 Å². The van der Waals surface area contributed by atoms with Crippen LogP contribution in [0.1, 0.15) is 18.4 Å². The van der Waals surface area contributed by atoms with Crippen molar-refractivity contribution < 1.29 is 0 Å². The summed E-state index contributed by atoms with van der Waals surface area (Å²) in [5, 5.41) is 0. The van der Waals surface area contributed by atoms with E-state index in [0.29, 0.717) is 6.54 Å². The molecular formula is C18H30N4. The molecule has 2 N–H and O–H groups in total. The maximum absolute atomic E-state index is 5.67. The van der Waals surface area contributed by atoms with Crippen LogP contribution in [0.15, 0.2) is 24.3 Å². The lowest BCUT2D eigenvalue weighted by Crippen LogP contribution is -2.47. The molecule has 0 aromatic heterocycles. The van der Waals surface area contributed by atoms with Crippen LogP contribution in [-0.4, -0.2) is 62.7 Å². The highest BCUT2D eigenvalue weighted by atomic mass is 15.2. The number of hydrogen-bond donors (Lipinski definition) is 1. The molecule has 2 saturated heterocycles. The highest BCUT2D eigenvalue weighted by Gasteiger charge is 2.23. The van der Waals surface area contributed by atoms with Gasteiger partial charge in [0.1, 0.15) is 0 Å². The van der Waals surface area contributed by atoms with E-state index in [1.807, 2.05) is 0 Å². The maximum Gasteiger partial charge on any atom is 0.0366 e. The minimum absolute atomic E-state index is 0.632. The van der Waals surface area contributed by atoms with E-state index < -0.39 is 0 Å². The van der Waals surface area contributed by atoms with E-state index >= 15 is 0 Å². The molecule has 1 aromatic carbocycles. The van der Waals surface area contributed by atoms with Gasteiger partial charge < -0.3 is 20.4 Å². The number of nitrogens with two attached hydrogens (primary N) is 1. The Morgan fingerprint density at radius 1 is 0.955 bits per heavy atom. The van der Waals surface area contributed by atoms with Gasteiger partial charge in [0.25, 0.3) is 0 Å². The molecule has 0 bridgehead atoms. The molecule has 0 aliphatic carbocycles. The molecule has 2 aliphatic rings. The topological polar surface area (TPSA) is 35.7 Å². The Hall–Kier alpha value is -1.10. The molecule has 0 radical (unpaired) electrons. The second-order valence-electron chi connectivity index (χ2n) is 6.90. The number of likely N-dealkylation sites (N-methyl/N-ethyl adjacent to an activating group) is 1. The lowest BCUT2D eigenvalue weighted by atomic mass is 9.95. The summed E-state index contributed by atoms with van der Waals surface area (Å²) in [6.07, 6.45) is 2.65. The number of benzene rings is 1. The third-order valence-corrected chi connectivity index (χ3v) is 5.26. The van der Waals surface area contributed by atoms with Gasteiger partial charge >= 0.3 is 0 Å². The van der Waals surface area contributed by atoms with Crippen LogP contribution in [0.4, 0.5) is 5.69 Å². The zero-order chi connectivity index (χ0) is 15.4. The fourth-order valence-corrected chi connectivity index (χ4v) is 3.61. The normalized spacial score (nSPS) is 22.2. The van der Waals surface area contributed by atoms with Gasteiger partial charge in [0.05, 0.1) is 0 Å². The van der Waals surface area contributed by atoms with E-state index in [2.05, 4.69) is 46.0 Å². The Bertz CT molecular complexity index is 443. The summed E-state index contributed by atoms with van der Waals surface area (Å²) in [6, 6.07) is 8.77. The average molecular weight is 302 g/mol. The molecule has 4 heteroatoms. The molecule has 0 amide bonds. The first-order valence-corrected chi connectivity index (χ1v) is 8.69. The number of anilines is 1. The standard InChI is InChI=1S/C18H30N4/c1-20-10-12-21(13-11-20)15-17-6-8-22(9-7-17)18-4-2-16(14-19)3-5-18/h2-5,17H,6-15,19H2,1H3. The van der Waals surface area contributed by atoms with Crippen molar-refractivity contribution in [3.63, 3.8) is 0 Å². The van der Waals surface area contributed by atoms with Gasteiger partial charge in [-0.25, -0.2) is 0 Å². The summed E-state index contributed by atoms with van der Waals surface area (Å²) in [5.74, 6) is 0.878. The van der Waals surface area contributed by atoms with Crippen molar-refractivity contribution in [1.29, 1.82) is 0 Å². The predicted molar refractivity (Wildman–Crippen MR) is 93.2 cm³/mol. The average Bonchev–Trinajstić information content (AvgIpc) is 2.58. The van der Waals surface area contributed by atoms with E-state index in [1.54, 1.807) is 0 Å². The summed E-state index contributed by atoms with van der Waals surface area (Å²) >= 11 is 0. The largest absolute Gasteiger partial charge is 0.372 e. The van der Waals surface area contributed by atoms with Crippen LogP contribution in [0.25, 0.3) is 0 Å². The number of nitrogens with zero attached hydrogens (tertiary/aromatic N) is 3. The number of piperidine rings is 1. The van der Waals surface area contributed by atoms with Crippen LogP contribution in [0.3, 0.4) is 0 Å². The lowest BCUT2D eigenvalue weighted by Gasteiger charge is -2.38. The van der Waals surface area contributed by atoms with E-state index in [9.17, 15) is 0 Å². The molecule has 0 spiro atoms. The second-order valence-corrected chi connectivity index (χ2v) is 6.90.